The van der Waals surface area contributed by atoms with Crippen LogP contribution in [0, 0.1) is 0 Å². The van der Waals surface area contributed by atoms with E-state index in [2.05, 4.69) is 14.9 Å². The van der Waals surface area contributed by atoms with Crippen molar-refractivity contribution in [2.24, 2.45) is 0 Å². The van der Waals surface area contributed by atoms with Crippen molar-refractivity contribution in [3.05, 3.63) is 12.4 Å². The Bertz CT molecular complexity index is 441. The fourth-order valence-corrected chi connectivity index (χ4v) is 1.80. The number of hydrogen-bond donors (Lipinski definition) is 3. The number of aliphatic carboxylic acids is 1. The zero-order valence-corrected chi connectivity index (χ0v) is 9.36. The average Bonchev–Trinajstić information content (AvgIpc) is 2.65. The summed E-state index contributed by atoms with van der Waals surface area (Å²) in [6, 6.07) is 0. The van der Waals surface area contributed by atoms with Gasteiger partial charge >= 0.3 is 16.2 Å². The Kier molecular flexibility index (Phi) is 3.85. The number of nitrogens with one attached hydrogen (secondary N) is 2. The van der Waals surface area contributed by atoms with E-state index in [1.165, 1.54) is 19.4 Å². The number of anilines is 1. The van der Waals surface area contributed by atoms with E-state index in [1.807, 2.05) is 0 Å². The highest BCUT2D eigenvalue weighted by molar-refractivity contribution is 7.90. The summed E-state index contributed by atoms with van der Waals surface area (Å²) in [5, 5.41) is 14.5. The summed E-state index contributed by atoms with van der Waals surface area (Å²) in [4.78, 5) is 10.3. The summed E-state index contributed by atoms with van der Waals surface area (Å²) in [5.41, 5.74) is 0.294. The number of carboxylic acids is 1. The van der Waals surface area contributed by atoms with E-state index < -0.39 is 16.2 Å². The molecule has 0 aromatic carbocycles. The number of hydrogen-bond acceptors (Lipinski definition) is 4. The standard InChI is InChI=1S/C7H12N4O4S/c1-11(3-2-7(12)13)16(14,15)10-6-4-8-9-5-6/h4-5,10H,2-3H2,1H3,(H,8,9)(H,12,13). The molecule has 0 aliphatic carbocycles. The van der Waals surface area contributed by atoms with Gasteiger partial charge in [-0.1, -0.05) is 0 Å². The number of carbonyl (C=O) groups is 1. The number of carboxylic acid groups (broad SMARTS) is 1. The molecule has 9 heteroatoms. The summed E-state index contributed by atoms with van der Waals surface area (Å²) >= 11 is 0. The molecule has 0 amide bonds. The zero-order valence-electron chi connectivity index (χ0n) is 8.54. The second-order valence-corrected chi connectivity index (χ2v) is 4.84. The fourth-order valence-electron chi connectivity index (χ4n) is 0.907. The minimum Gasteiger partial charge on any atom is -0.481 e. The molecule has 1 aromatic rings. The lowest BCUT2D eigenvalue weighted by molar-refractivity contribution is -0.137. The smallest absolute Gasteiger partial charge is 0.304 e. The Morgan fingerprint density at radius 2 is 2.38 bits per heavy atom. The van der Waals surface area contributed by atoms with Gasteiger partial charge in [0.25, 0.3) is 0 Å². The normalized spacial score (nSPS) is 11.6. The molecule has 0 atom stereocenters. The Labute approximate surface area is 92.5 Å². The molecule has 0 aliphatic rings. The predicted molar refractivity (Wildman–Crippen MR) is 56.0 cm³/mol. The van der Waals surface area contributed by atoms with Crippen LogP contribution in [0.25, 0.3) is 0 Å². The topological polar surface area (TPSA) is 115 Å². The first-order valence-electron chi connectivity index (χ1n) is 4.36. The number of rotatable bonds is 6. The first kappa shape index (κ1) is 12.5. The van der Waals surface area contributed by atoms with Gasteiger partial charge in [-0.3, -0.25) is 14.6 Å². The lowest BCUT2D eigenvalue weighted by Crippen LogP contribution is -2.34. The first-order chi connectivity index (χ1) is 7.42. The molecule has 1 aromatic heterocycles. The van der Waals surface area contributed by atoms with E-state index >= 15 is 0 Å². The minimum absolute atomic E-state index is 0.0947. The molecule has 0 bridgehead atoms. The molecule has 1 rings (SSSR count). The number of H-pyrrole nitrogens is 1. The highest BCUT2D eigenvalue weighted by Gasteiger charge is 2.18. The van der Waals surface area contributed by atoms with Crippen molar-refractivity contribution in [1.29, 1.82) is 0 Å². The van der Waals surface area contributed by atoms with Crippen LogP contribution in [0.3, 0.4) is 0 Å². The van der Waals surface area contributed by atoms with Crippen molar-refractivity contribution in [3.8, 4) is 0 Å². The van der Waals surface area contributed by atoms with Gasteiger partial charge in [0.1, 0.15) is 0 Å². The first-order valence-corrected chi connectivity index (χ1v) is 5.80. The number of aromatic nitrogens is 2. The minimum atomic E-state index is -3.72. The summed E-state index contributed by atoms with van der Waals surface area (Å²) in [6.45, 7) is -0.0947. The third-order valence-corrected chi connectivity index (χ3v) is 3.29. The maximum atomic E-state index is 11.6. The molecule has 0 radical (unpaired) electrons. The molecular formula is C7H12N4O4S. The van der Waals surface area contributed by atoms with Gasteiger partial charge in [-0.25, -0.2) is 0 Å². The summed E-state index contributed by atoms with van der Waals surface area (Å²) in [7, 11) is -2.42. The van der Waals surface area contributed by atoms with Gasteiger partial charge < -0.3 is 5.11 Å². The molecule has 0 aliphatic heterocycles. The van der Waals surface area contributed by atoms with Crippen molar-refractivity contribution >= 4 is 21.9 Å². The van der Waals surface area contributed by atoms with Crippen LogP contribution in [0.2, 0.25) is 0 Å². The second kappa shape index (κ2) is 4.94. The Hall–Kier alpha value is -1.61. The van der Waals surface area contributed by atoms with Gasteiger partial charge in [-0.05, 0) is 0 Å². The van der Waals surface area contributed by atoms with Crippen LogP contribution in [-0.4, -0.2) is 47.6 Å². The molecule has 90 valence electrons. The van der Waals surface area contributed by atoms with Crippen LogP contribution < -0.4 is 4.72 Å². The molecule has 8 nitrogen and oxygen atoms in total. The van der Waals surface area contributed by atoms with E-state index in [9.17, 15) is 13.2 Å². The monoisotopic (exact) mass is 248 g/mol. The largest absolute Gasteiger partial charge is 0.481 e. The Balaban J connectivity index is 2.59. The van der Waals surface area contributed by atoms with E-state index in [4.69, 9.17) is 5.11 Å². The molecule has 16 heavy (non-hydrogen) atoms. The van der Waals surface area contributed by atoms with Gasteiger partial charge in [0.05, 0.1) is 18.3 Å². The summed E-state index contributed by atoms with van der Waals surface area (Å²) in [5.74, 6) is -1.05. The molecule has 0 spiro atoms. The quantitative estimate of drug-likeness (QED) is 0.626. The Morgan fingerprint density at radius 3 is 2.88 bits per heavy atom. The highest BCUT2D eigenvalue weighted by atomic mass is 32.2. The highest BCUT2D eigenvalue weighted by Crippen LogP contribution is 2.07. The van der Waals surface area contributed by atoms with E-state index in [0.717, 1.165) is 4.31 Å². The molecule has 0 unspecified atom stereocenters. The van der Waals surface area contributed by atoms with Crippen LogP contribution in [0.4, 0.5) is 5.69 Å². The molecular weight excluding hydrogens is 236 g/mol. The lowest BCUT2D eigenvalue weighted by Gasteiger charge is -2.16. The average molecular weight is 248 g/mol. The van der Waals surface area contributed by atoms with Gasteiger partial charge in [0.15, 0.2) is 0 Å². The van der Waals surface area contributed by atoms with Gasteiger partial charge in [-0.15, -0.1) is 0 Å². The fraction of sp³-hybridized carbons (Fsp3) is 0.429. The molecule has 1 heterocycles. The molecule has 0 saturated carbocycles. The van der Waals surface area contributed by atoms with Crippen molar-refractivity contribution < 1.29 is 18.3 Å². The van der Waals surface area contributed by atoms with Crippen LogP contribution in [0.5, 0.6) is 0 Å². The van der Waals surface area contributed by atoms with E-state index in [0.29, 0.717) is 5.69 Å². The van der Waals surface area contributed by atoms with Gasteiger partial charge in [0, 0.05) is 19.8 Å². The zero-order chi connectivity index (χ0) is 12.2. The molecule has 0 fully saturated rings. The van der Waals surface area contributed by atoms with Crippen molar-refractivity contribution in [1.82, 2.24) is 14.5 Å². The van der Waals surface area contributed by atoms with Gasteiger partial charge in [-0.2, -0.15) is 17.8 Å². The SMILES string of the molecule is CN(CCC(=O)O)S(=O)(=O)Nc1cn[nH]c1. The van der Waals surface area contributed by atoms with Crippen molar-refractivity contribution in [2.75, 3.05) is 18.3 Å². The lowest BCUT2D eigenvalue weighted by atomic mass is 10.4. The van der Waals surface area contributed by atoms with E-state index in [1.54, 1.807) is 0 Å². The predicted octanol–water partition coefficient (Wildman–Crippen LogP) is -0.527. The Morgan fingerprint density at radius 1 is 1.69 bits per heavy atom. The molecule has 3 N–H and O–H groups in total. The molecule has 0 saturated heterocycles. The second-order valence-electron chi connectivity index (χ2n) is 3.06. The summed E-state index contributed by atoms with van der Waals surface area (Å²) < 4.78 is 26.3. The van der Waals surface area contributed by atoms with Crippen LogP contribution in [0.15, 0.2) is 12.4 Å². The third kappa shape index (κ3) is 3.51. The van der Waals surface area contributed by atoms with Crippen molar-refractivity contribution in [2.45, 2.75) is 6.42 Å². The number of aromatic amines is 1. The van der Waals surface area contributed by atoms with Gasteiger partial charge in [0.2, 0.25) is 0 Å². The van der Waals surface area contributed by atoms with E-state index in [-0.39, 0.29) is 13.0 Å². The maximum Gasteiger partial charge on any atom is 0.304 e. The third-order valence-electron chi connectivity index (χ3n) is 1.80. The summed E-state index contributed by atoms with van der Waals surface area (Å²) in [6.07, 6.45) is 2.44. The maximum absolute atomic E-state index is 11.6. The number of nitrogens with zero attached hydrogens (tertiary/aromatic N) is 2. The van der Waals surface area contributed by atoms with Crippen LogP contribution in [0.1, 0.15) is 6.42 Å². The van der Waals surface area contributed by atoms with Crippen LogP contribution >= 0.6 is 0 Å². The van der Waals surface area contributed by atoms with Crippen molar-refractivity contribution in [3.63, 3.8) is 0 Å². The van der Waals surface area contributed by atoms with Crippen LogP contribution in [-0.2, 0) is 15.0 Å².